The molecule has 2 amide bonds. The van der Waals surface area contributed by atoms with E-state index in [0.717, 1.165) is 0 Å². The van der Waals surface area contributed by atoms with E-state index < -0.39 is 23.8 Å². The summed E-state index contributed by atoms with van der Waals surface area (Å²) in [5.74, 6) is -1.80. The van der Waals surface area contributed by atoms with Gasteiger partial charge < -0.3 is 20.2 Å². The number of aliphatic carboxylic acids is 1. The normalized spacial score (nSPS) is 12.3. The van der Waals surface area contributed by atoms with Gasteiger partial charge in [0.25, 0.3) is 11.8 Å². The lowest BCUT2D eigenvalue weighted by molar-refractivity contribution is -0.141. The summed E-state index contributed by atoms with van der Waals surface area (Å²) in [6, 6.07) is 10.9. The van der Waals surface area contributed by atoms with Gasteiger partial charge in [0.15, 0.2) is 5.76 Å². The molecule has 1 aromatic heterocycles. The molecule has 0 radical (unpaired) electrons. The highest BCUT2D eigenvalue weighted by molar-refractivity contribution is 7.98. The molecule has 1 aromatic carbocycles. The number of carboxylic acid groups (broad SMARTS) is 1. The highest BCUT2D eigenvalue weighted by atomic mass is 32.2. The van der Waals surface area contributed by atoms with E-state index in [-0.39, 0.29) is 17.9 Å². The highest BCUT2D eigenvalue weighted by Crippen LogP contribution is 2.09. The molecule has 0 aliphatic heterocycles. The van der Waals surface area contributed by atoms with Gasteiger partial charge in [0.05, 0.1) is 6.26 Å². The van der Waals surface area contributed by atoms with Gasteiger partial charge in [-0.25, -0.2) is 4.79 Å². The molecular weight excluding hydrogens is 368 g/mol. The van der Waals surface area contributed by atoms with E-state index in [0.29, 0.717) is 11.3 Å². The smallest absolute Gasteiger partial charge is 0.326 e. The van der Waals surface area contributed by atoms with Crippen LogP contribution in [-0.4, -0.2) is 40.9 Å². The number of carbonyl (C=O) groups is 3. The van der Waals surface area contributed by atoms with Gasteiger partial charge in [-0.3, -0.25) is 9.59 Å². The van der Waals surface area contributed by atoms with Gasteiger partial charge in [-0.15, -0.1) is 0 Å². The number of furan rings is 1. The van der Waals surface area contributed by atoms with Crippen LogP contribution in [0.5, 0.6) is 0 Å². The summed E-state index contributed by atoms with van der Waals surface area (Å²) in [6.45, 7) is 0. The predicted molar refractivity (Wildman–Crippen MR) is 103 cm³/mol. The number of benzene rings is 1. The van der Waals surface area contributed by atoms with Crippen LogP contribution < -0.4 is 10.6 Å². The molecule has 8 heteroatoms. The van der Waals surface area contributed by atoms with Crippen molar-refractivity contribution in [1.29, 1.82) is 0 Å². The van der Waals surface area contributed by atoms with Crippen LogP contribution in [0.2, 0.25) is 0 Å². The Morgan fingerprint density at radius 2 is 1.93 bits per heavy atom. The predicted octanol–water partition coefficient (Wildman–Crippen LogP) is 2.37. The molecule has 7 nitrogen and oxygen atoms in total. The standard InChI is InChI=1S/C19H20N2O5S/c1-27-11-9-14(19(24)25)20-17(22)15(12-13-6-3-2-4-7-13)21-18(23)16-8-5-10-26-16/h2-8,10,12,14H,9,11H2,1H3,(H,20,22)(H,21,23)(H,24,25)/b15-12+/t14-/m1/s1. The van der Waals surface area contributed by atoms with Crippen molar-refractivity contribution in [2.45, 2.75) is 12.5 Å². The summed E-state index contributed by atoms with van der Waals surface area (Å²) in [5, 5.41) is 14.2. The van der Waals surface area contributed by atoms with Crippen molar-refractivity contribution in [2.75, 3.05) is 12.0 Å². The van der Waals surface area contributed by atoms with E-state index in [1.807, 2.05) is 12.3 Å². The van der Waals surface area contributed by atoms with Crippen LogP contribution in [0.25, 0.3) is 6.08 Å². The Balaban J connectivity index is 2.22. The lowest BCUT2D eigenvalue weighted by atomic mass is 10.1. The monoisotopic (exact) mass is 388 g/mol. The Morgan fingerprint density at radius 3 is 2.52 bits per heavy atom. The fourth-order valence-corrected chi connectivity index (χ4v) is 2.67. The molecule has 0 unspecified atom stereocenters. The van der Waals surface area contributed by atoms with E-state index in [4.69, 9.17) is 4.42 Å². The zero-order valence-corrected chi connectivity index (χ0v) is 15.5. The minimum atomic E-state index is -1.13. The third-order valence-electron chi connectivity index (χ3n) is 3.56. The summed E-state index contributed by atoms with van der Waals surface area (Å²) in [4.78, 5) is 36.3. The van der Waals surface area contributed by atoms with E-state index in [9.17, 15) is 19.5 Å². The van der Waals surface area contributed by atoms with Crippen molar-refractivity contribution in [3.63, 3.8) is 0 Å². The first kappa shape index (κ1) is 20.3. The topological polar surface area (TPSA) is 109 Å². The number of carboxylic acids is 1. The Hall–Kier alpha value is -3.00. The molecule has 0 spiro atoms. The van der Waals surface area contributed by atoms with Gasteiger partial charge in [0.1, 0.15) is 11.7 Å². The average molecular weight is 388 g/mol. The van der Waals surface area contributed by atoms with Crippen molar-refractivity contribution >= 4 is 35.6 Å². The maximum Gasteiger partial charge on any atom is 0.326 e. The van der Waals surface area contributed by atoms with Crippen molar-refractivity contribution in [3.05, 3.63) is 65.7 Å². The minimum absolute atomic E-state index is 0.0407. The summed E-state index contributed by atoms with van der Waals surface area (Å²) >= 11 is 1.48. The van der Waals surface area contributed by atoms with Crippen molar-refractivity contribution in [3.8, 4) is 0 Å². The molecule has 0 fully saturated rings. The highest BCUT2D eigenvalue weighted by Gasteiger charge is 2.23. The van der Waals surface area contributed by atoms with Crippen LogP contribution >= 0.6 is 11.8 Å². The molecular formula is C19H20N2O5S. The second-order valence-corrected chi connectivity index (χ2v) is 6.53. The number of hydrogen-bond acceptors (Lipinski definition) is 5. The number of amides is 2. The molecule has 0 bridgehead atoms. The quantitative estimate of drug-likeness (QED) is 0.569. The SMILES string of the molecule is CSCC[C@@H](NC(=O)/C(=C\c1ccccc1)NC(=O)c1ccco1)C(=O)O. The summed E-state index contributed by atoms with van der Waals surface area (Å²) < 4.78 is 5.03. The molecule has 0 saturated heterocycles. The first-order chi connectivity index (χ1) is 13.0. The third-order valence-corrected chi connectivity index (χ3v) is 4.21. The molecule has 2 aromatic rings. The molecule has 2 rings (SSSR count). The lowest BCUT2D eigenvalue weighted by Crippen LogP contribution is -2.44. The van der Waals surface area contributed by atoms with Crippen LogP contribution in [0, 0.1) is 0 Å². The van der Waals surface area contributed by atoms with E-state index in [2.05, 4.69) is 10.6 Å². The van der Waals surface area contributed by atoms with Gasteiger partial charge >= 0.3 is 5.97 Å². The molecule has 1 atom stereocenters. The summed E-state index contributed by atoms with van der Waals surface area (Å²) in [6.07, 6.45) is 4.94. The minimum Gasteiger partial charge on any atom is -0.480 e. The summed E-state index contributed by atoms with van der Waals surface area (Å²) in [5.41, 5.74) is 0.608. The van der Waals surface area contributed by atoms with Crippen LogP contribution in [-0.2, 0) is 9.59 Å². The van der Waals surface area contributed by atoms with Crippen molar-refractivity contribution in [1.82, 2.24) is 10.6 Å². The Bertz CT molecular complexity index is 803. The fraction of sp³-hybridized carbons (Fsp3) is 0.211. The van der Waals surface area contributed by atoms with Gasteiger partial charge in [0.2, 0.25) is 0 Å². The largest absolute Gasteiger partial charge is 0.480 e. The Morgan fingerprint density at radius 1 is 1.19 bits per heavy atom. The van der Waals surface area contributed by atoms with Gasteiger partial charge in [-0.05, 0) is 42.2 Å². The number of rotatable bonds is 9. The Kier molecular flexibility index (Phi) is 7.69. The van der Waals surface area contributed by atoms with E-state index in [1.165, 1.54) is 30.2 Å². The number of thioether (sulfide) groups is 1. The van der Waals surface area contributed by atoms with Crippen LogP contribution in [0.3, 0.4) is 0 Å². The van der Waals surface area contributed by atoms with Crippen LogP contribution in [0.4, 0.5) is 0 Å². The molecule has 1 heterocycles. The van der Waals surface area contributed by atoms with Crippen LogP contribution in [0.1, 0.15) is 22.5 Å². The van der Waals surface area contributed by atoms with E-state index >= 15 is 0 Å². The summed E-state index contributed by atoms with van der Waals surface area (Å²) in [7, 11) is 0. The number of nitrogens with one attached hydrogen (secondary N) is 2. The molecule has 0 saturated carbocycles. The maximum atomic E-state index is 12.6. The van der Waals surface area contributed by atoms with Crippen LogP contribution in [0.15, 0.2) is 58.8 Å². The second-order valence-electron chi connectivity index (χ2n) is 5.55. The van der Waals surface area contributed by atoms with Gasteiger partial charge in [-0.1, -0.05) is 30.3 Å². The Labute approximate surface area is 160 Å². The third kappa shape index (κ3) is 6.34. The number of hydrogen-bond donors (Lipinski definition) is 3. The van der Waals surface area contributed by atoms with E-state index in [1.54, 1.807) is 30.3 Å². The second kappa shape index (κ2) is 10.2. The number of carbonyl (C=O) groups excluding carboxylic acids is 2. The average Bonchev–Trinajstić information content (AvgIpc) is 3.20. The first-order valence-electron chi connectivity index (χ1n) is 8.15. The molecule has 27 heavy (non-hydrogen) atoms. The zero-order chi connectivity index (χ0) is 19.6. The first-order valence-corrected chi connectivity index (χ1v) is 9.55. The zero-order valence-electron chi connectivity index (χ0n) is 14.7. The van der Waals surface area contributed by atoms with Crippen molar-refractivity contribution in [2.24, 2.45) is 0 Å². The molecule has 3 N–H and O–H groups in total. The van der Waals surface area contributed by atoms with Crippen molar-refractivity contribution < 1.29 is 23.9 Å². The molecule has 142 valence electrons. The lowest BCUT2D eigenvalue weighted by Gasteiger charge is -2.16. The molecule has 0 aliphatic rings. The fourth-order valence-electron chi connectivity index (χ4n) is 2.20. The van der Waals surface area contributed by atoms with Gasteiger partial charge in [-0.2, -0.15) is 11.8 Å². The van der Waals surface area contributed by atoms with Gasteiger partial charge in [0, 0.05) is 0 Å². The maximum absolute atomic E-state index is 12.6. The molecule has 0 aliphatic carbocycles.